The second-order valence-electron chi connectivity index (χ2n) is 5.55. The number of carbonyl (C=O) groups is 2. The molecule has 1 amide bonds. The topological polar surface area (TPSA) is 57.6 Å². The first-order chi connectivity index (χ1) is 10.6. The minimum atomic E-state index is -0.914. The Bertz CT molecular complexity index is 711. The molecule has 0 aromatic heterocycles. The minimum Gasteiger partial charge on any atom is -0.481 e. The molecule has 4 heteroatoms. The number of fused-ring (bicyclic) bond motifs is 1. The molecule has 1 heterocycles. The van der Waals surface area contributed by atoms with Crippen LogP contribution in [-0.4, -0.2) is 28.9 Å². The Hall–Kier alpha value is -2.62. The van der Waals surface area contributed by atoms with Gasteiger partial charge in [-0.05, 0) is 16.7 Å². The first kappa shape index (κ1) is 14.3. The van der Waals surface area contributed by atoms with Gasteiger partial charge in [0, 0.05) is 7.05 Å². The third-order valence-electron chi connectivity index (χ3n) is 4.27. The molecule has 3 rings (SSSR count). The molecule has 22 heavy (non-hydrogen) atoms. The number of carbonyl (C=O) groups excluding carboxylic acids is 1. The van der Waals surface area contributed by atoms with Gasteiger partial charge in [-0.15, -0.1) is 0 Å². The molecule has 0 saturated heterocycles. The highest BCUT2D eigenvalue weighted by Gasteiger charge is 2.39. The van der Waals surface area contributed by atoms with Crippen molar-refractivity contribution in [2.75, 3.05) is 7.05 Å². The van der Waals surface area contributed by atoms with Crippen molar-refractivity contribution in [2.24, 2.45) is 0 Å². The molecule has 2 aromatic carbocycles. The zero-order chi connectivity index (χ0) is 15.7. The maximum atomic E-state index is 12.5. The summed E-state index contributed by atoms with van der Waals surface area (Å²) < 4.78 is 0. The molecule has 0 bridgehead atoms. The van der Waals surface area contributed by atoms with Gasteiger partial charge < -0.3 is 10.0 Å². The van der Waals surface area contributed by atoms with Crippen LogP contribution in [0.2, 0.25) is 0 Å². The number of likely N-dealkylation sites (N-methyl/N-ethyl adjacent to an activating group) is 1. The molecule has 0 aliphatic carbocycles. The lowest BCUT2D eigenvalue weighted by Gasteiger charge is -2.31. The Morgan fingerprint density at radius 3 is 2.41 bits per heavy atom. The Morgan fingerprint density at radius 2 is 1.73 bits per heavy atom. The first-order valence-electron chi connectivity index (χ1n) is 7.21. The van der Waals surface area contributed by atoms with Crippen LogP contribution < -0.4 is 0 Å². The van der Waals surface area contributed by atoms with Crippen LogP contribution in [0.5, 0.6) is 0 Å². The van der Waals surface area contributed by atoms with Gasteiger partial charge in [-0.1, -0.05) is 54.6 Å². The molecule has 112 valence electrons. The van der Waals surface area contributed by atoms with E-state index in [1.165, 1.54) is 0 Å². The predicted molar refractivity (Wildman–Crippen MR) is 82.5 cm³/mol. The van der Waals surface area contributed by atoms with Gasteiger partial charge in [0.15, 0.2) is 0 Å². The van der Waals surface area contributed by atoms with Gasteiger partial charge in [0.1, 0.15) is 5.92 Å². The van der Waals surface area contributed by atoms with Gasteiger partial charge in [0.05, 0.1) is 12.5 Å². The van der Waals surface area contributed by atoms with E-state index >= 15 is 0 Å². The lowest BCUT2D eigenvalue weighted by atomic mass is 9.85. The number of nitrogens with zero attached hydrogens (tertiary/aromatic N) is 1. The van der Waals surface area contributed by atoms with Gasteiger partial charge in [-0.3, -0.25) is 9.59 Å². The van der Waals surface area contributed by atoms with Crippen LogP contribution in [0.1, 0.15) is 28.7 Å². The van der Waals surface area contributed by atoms with Crippen LogP contribution in [0.25, 0.3) is 0 Å². The van der Waals surface area contributed by atoms with Crippen LogP contribution in [0.4, 0.5) is 0 Å². The second kappa shape index (κ2) is 5.64. The average Bonchev–Trinajstić information content (AvgIpc) is 2.63. The molecule has 0 radical (unpaired) electrons. The zero-order valence-corrected chi connectivity index (χ0v) is 12.3. The Morgan fingerprint density at radius 1 is 1.09 bits per heavy atom. The number of hydrogen-bond donors (Lipinski definition) is 1. The summed E-state index contributed by atoms with van der Waals surface area (Å²) in [4.78, 5) is 26.0. The molecule has 1 aliphatic rings. The van der Waals surface area contributed by atoms with Crippen molar-refractivity contribution < 1.29 is 14.7 Å². The van der Waals surface area contributed by atoms with Crippen molar-refractivity contribution in [3.63, 3.8) is 0 Å². The maximum Gasteiger partial charge on any atom is 0.313 e. The van der Waals surface area contributed by atoms with E-state index in [9.17, 15) is 14.7 Å². The number of aliphatic carboxylic acids is 1. The molecule has 0 spiro atoms. The second-order valence-corrected chi connectivity index (χ2v) is 5.55. The number of carboxylic acid groups (broad SMARTS) is 1. The standard InChI is InChI=1S/C18H17NO3/c1-19-15(20)11-13-9-5-6-10-14(13)16(18(21)22)17(19)12-7-3-2-4-8-12/h2-10,16-17H,11H2,1H3,(H,21,22)/t16-,17+/m0/s1. The van der Waals surface area contributed by atoms with E-state index in [1.807, 2.05) is 54.6 Å². The number of carboxylic acids is 1. The minimum absolute atomic E-state index is 0.0648. The van der Waals surface area contributed by atoms with Crippen molar-refractivity contribution in [1.29, 1.82) is 0 Å². The number of rotatable bonds is 2. The third kappa shape index (κ3) is 2.37. The quantitative estimate of drug-likeness (QED) is 0.926. The van der Waals surface area contributed by atoms with Crippen LogP contribution >= 0.6 is 0 Å². The fourth-order valence-corrected chi connectivity index (χ4v) is 3.17. The fraction of sp³-hybridized carbons (Fsp3) is 0.222. The summed E-state index contributed by atoms with van der Waals surface area (Å²) in [6.07, 6.45) is 0.236. The van der Waals surface area contributed by atoms with Crippen molar-refractivity contribution in [2.45, 2.75) is 18.4 Å². The largest absolute Gasteiger partial charge is 0.481 e. The Balaban J connectivity index is 2.21. The molecule has 4 nitrogen and oxygen atoms in total. The third-order valence-corrected chi connectivity index (χ3v) is 4.27. The highest BCUT2D eigenvalue weighted by molar-refractivity contribution is 5.85. The zero-order valence-electron chi connectivity index (χ0n) is 12.3. The van der Waals surface area contributed by atoms with Crippen molar-refractivity contribution >= 4 is 11.9 Å². The van der Waals surface area contributed by atoms with Crippen LogP contribution in [0.15, 0.2) is 54.6 Å². The van der Waals surface area contributed by atoms with E-state index in [2.05, 4.69) is 0 Å². The maximum absolute atomic E-state index is 12.5. The summed E-state index contributed by atoms with van der Waals surface area (Å²) in [6.45, 7) is 0. The summed E-state index contributed by atoms with van der Waals surface area (Å²) in [7, 11) is 1.68. The average molecular weight is 295 g/mol. The van der Waals surface area contributed by atoms with Crippen LogP contribution in [-0.2, 0) is 16.0 Å². The van der Waals surface area contributed by atoms with Crippen molar-refractivity contribution in [3.05, 3.63) is 71.3 Å². The van der Waals surface area contributed by atoms with E-state index in [0.717, 1.165) is 16.7 Å². The number of amides is 1. The van der Waals surface area contributed by atoms with Crippen LogP contribution in [0.3, 0.4) is 0 Å². The van der Waals surface area contributed by atoms with Crippen molar-refractivity contribution in [3.8, 4) is 0 Å². The smallest absolute Gasteiger partial charge is 0.313 e. The molecule has 2 aromatic rings. The predicted octanol–water partition coefficient (Wildman–Crippen LogP) is 2.61. The number of benzene rings is 2. The van der Waals surface area contributed by atoms with E-state index in [1.54, 1.807) is 11.9 Å². The summed E-state index contributed by atoms with van der Waals surface area (Å²) in [6, 6.07) is 16.2. The summed E-state index contributed by atoms with van der Waals surface area (Å²) in [5.74, 6) is -1.75. The molecular formula is C18H17NO3. The Kier molecular flexibility index (Phi) is 3.67. The normalized spacial score (nSPS) is 21.1. The lowest BCUT2D eigenvalue weighted by Crippen LogP contribution is -2.35. The summed E-state index contributed by atoms with van der Waals surface area (Å²) in [5, 5.41) is 9.81. The van der Waals surface area contributed by atoms with Gasteiger partial charge in [0.25, 0.3) is 0 Å². The van der Waals surface area contributed by atoms with Gasteiger partial charge in [-0.25, -0.2) is 0 Å². The van der Waals surface area contributed by atoms with Gasteiger partial charge in [-0.2, -0.15) is 0 Å². The van der Waals surface area contributed by atoms with Crippen LogP contribution in [0, 0.1) is 0 Å². The van der Waals surface area contributed by atoms with E-state index in [4.69, 9.17) is 0 Å². The van der Waals surface area contributed by atoms with E-state index in [-0.39, 0.29) is 12.3 Å². The van der Waals surface area contributed by atoms with E-state index < -0.39 is 17.9 Å². The summed E-state index contributed by atoms with van der Waals surface area (Å²) >= 11 is 0. The number of hydrogen-bond acceptors (Lipinski definition) is 2. The van der Waals surface area contributed by atoms with Gasteiger partial charge >= 0.3 is 5.97 Å². The molecular weight excluding hydrogens is 278 g/mol. The molecule has 0 saturated carbocycles. The molecule has 1 aliphatic heterocycles. The lowest BCUT2D eigenvalue weighted by molar-refractivity contribution is -0.142. The molecule has 1 N–H and O–H groups in total. The monoisotopic (exact) mass is 295 g/mol. The SMILES string of the molecule is CN1C(=O)Cc2ccccc2[C@H](C(=O)O)[C@H]1c1ccccc1. The highest BCUT2D eigenvalue weighted by atomic mass is 16.4. The summed E-state index contributed by atoms with van der Waals surface area (Å²) in [5.41, 5.74) is 2.36. The van der Waals surface area contributed by atoms with Crippen molar-refractivity contribution in [1.82, 2.24) is 4.90 Å². The first-order valence-corrected chi connectivity index (χ1v) is 7.21. The molecule has 0 unspecified atom stereocenters. The molecule has 2 atom stereocenters. The molecule has 0 fully saturated rings. The Labute approximate surface area is 129 Å². The van der Waals surface area contributed by atoms with Gasteiger partial charge in [0.2, 0.25) is 5.91 Å². The highest BCUT2D eigenvalue weighted by Crippen LogP contribution is 2.39. The fourth-order valence-electron chi connectivity index (χ4n) is 3.17. The van der Waals surface area contributed by atoms with E-state index in [0.29, 0.717) is 0 Å².